The first kappa shape index (κ1) is 20.9. The summed E-state index contributed by atoms with van der Waals surface area (Å²) in [5.41, 5.74) is 10.2. The number of nitrogens with two attached hydrogens (primary N) is 1. The second-order valence-electron chi connectivity index (χ2n) is 8.05. The number of benzene rings is 1. The SMILES string of the molecule is N#CC1C(c2cc3cc(Cl)ccc3nc2Cl)C2=C(CCCC2=O)N(c2cccnc2)C1N. The molecule has 0 saturated heterocycles. The van der Waals surface area contributed by atoms with Gasteiger partial charge in [0.05, 0.1) is 35.6 Å². The summed E-state index contributed by atoms with van der Waals surface area (Å²) in [5, 5.41) is 11.8. The molecule has 0 fully saturated rings. The van der Waals surface area contributed by atoms with Crippen molar-refractivity contribution in [1.29, 1.82) is 5.26 Å². The molecule has 6 nitrogen and oxygen atoms in total. The van der Waals surface area contributed by atoms with Crippen LogP contribution in [0.2, 0.25) is 10.2 Å². The Balaban J connectivity index is 1.76. The van der Waals surface area contributed by atoms with Crippen molar-refractivity contribution in [1.82, 2.24) is 9.97 Å². The molecule has 1 aromatic carbocycles. The van der Waals surface area contributed by atoms with Crippen molar-refractivity contribution in [3.8, 4) is 6.07 Å². The number of carbonyl (C=O) groups excluding carboxylic acids is 1. The Labute approximate surface area is 195 Å². The summed E-state index contributed by atoms with van der Waals surface area (Å²) in [6.07, 6.45) is 4.53. The zero-order chi connectivity index (χ0) is 22.4. The van der Waals surface area contributed by atoms with Crippen molar-refractivity contribution in [2.45, 2.75) is 31.3 Å². The van der Waals surface area contributed by atoms with Crippen LogP contribution in [-0.2, 0) is 4.79 Å². The molecule has 1 aliphatic carbocycles. The molecule has 0 saturated carbocycles. The summed E-state index contributed by atoms with van der Waals surface area (Å²) in [6.45, 7) is 0. The summed E-state index contributed by atoms with van der Waals surface area (Å²) in [6, 6.07) is 13.3. The van der Waals surface area contributed by atoms with Crippen LogP contribution >= 0.6 is 23.2 Å². The van der Waals surface area contributed by atoms with E-state index in [1.54, 1.807) is 30.6 Å². The molecule has 0 bridgehead atoms. The topological polar surface area (TPSA) is 95.9 Å². The van der Waals surface area contributed by atoms with E-state index < -0.39 is 18.0 Å². The molecule has 2 aliphatic rings. The monoisotopic (exact) mass is 463 g/mol. The number of nitrogens with zero attached hydrogens (tertiary/aromatic N) is 4. The fourth-order valence-electron chi connectivity index (χ4n) is 4.85. The van der Waals surface area contributed by atoms with E-state index in [2.05, 4.69) is 16.0 Å². The quantitative estimate of drug-likeness (QED) is 0.538. The lowest BCUT2D eigenvalue weighted by molar-refractivity contribution is -0.116. The van der Waals surface area contributed by atoms with Crippen LogP contribution in [-0.4, -0.2) is 21.9 Å². The Morgan fingerprint density at radius 3 is 2.78 bits per heavy atom. The summed E-state index contributed by atoms with van der Waals surface area (Å²) >= 11 is 12.8. The van der Waals surface area contributed by atoms with Crippen molar-refractivity contribution < 1.29 is 4.79 Å². The smallest absolute Gasteiger partial charge is 0.161 e. The molecule has 0 spiro atoms. The molecule has 0 radical (unpaired) electrons. The van der Waals surface area contributed by atoms with E-state index in [0.717, 1.165) is 23.2 Å². The minimum Gasteiger partial charge on any atom is -0.326 e. The molecule has 2 aromatic heterocycles. The Bertz CT molecular complexity index is 1300. The Hall–Kier alpha value is -2.98. The maximum Gasteiger partial charge on any atom is 0.161 e. The normalized spacial score (nSPS) is 23.2. The number of aromatic nitrogens is 2. The Morgan fingerprint density at radius 1 is 1.19 bits per heavy atom. The van der Waals surface area contributed by atoms with Crippen molar-refractivity contribution in [2.24, 2.45) is 11.7 Å². The van der Waals surface area contributed by atoms with Gasteiger partial charge in [-0.1, -0.05) is 23.2 Å². The number of hydrogen-bond donors (Lipinski definition) is 1. The van der Waals surface area contributed by atoms with Gasteiger partial charge in [-0.15, -0.1) is 0 Å². The van der Waals surface area contributed by atoms with E-state index >= 15 is 0 Å². The Morgan fingerprint density at radius 2 is 2.03 bits per heavy atom. The van der Waals surface area contributed by atoms with E-state index in [-0.39, 0.29) is 10.9 Å². The molecule has 8 heteroatoms. The molecule has 3 aromatic rings. The van der Waals surface area contributed by atoms with Crippen molar-refractivity contribution in [2.75, 3.05) is 4.90 Å². The summed E-state index contributed by atoms with van der Waals surface area (Å²) in [4.78, 5) is 23.9. The molecule has 3 heterocycles. The number of halogens is 2. The fraction of sp³-hybridized carbons (Fsp3) is 0.250. The predicted molar refractivity (Wildman–Crippen MR) is 124 cm³/mol. The van der Waals surface area contributed by atoms with E-state index in [1.807, 2.05) is 23.1 Å². The molecule has 0 amide bonds. The Kier molecular flexibility index (Phi) is 5.34. The zero-order valence-corrected chi connectivity index (χ0v) is 18.5. The minimum atomic E-state index is -0.716. The van der Waals surface area contributed by atoms with Gasteiger partial charge in [0.25, 0.3) is 0 Å². The number of carbonyl (C=O) groups is 1. The zero-order valence-electron chi connectivity index (χ0n) is 17.0. The van der Waals surface area contributed by atoms with Crippen molar-refractivity contribution in [3.05, 3.63) is 75.8 Å². The van der Waals surface area contributed by atoms with Crippen LogP contribution in [0.25, 0.3) is 10.9 Å². The minimum absolute atomic E-state index is 0.0135. The van der Waals surface area contributed by atoms with E-state index in [1.165, 1.54) is 0 Å². The largest absolute Gasteiger partial charge is 0.326 e. The number of anilines is 1. The molecule has 3 unspecified atom stereocenters. The van der Waals surface area contributed by atoms with Gasteiger partial charge in [0, 0.05) is 40.2 Å². The van der Waals surface area contributed by atoms with Gasteiger partial charge in [-0.3, -0.25) is 9.78 Å². The highest BCUT2D eigenvalue weighted by atomic mass is 35.5. The number of nitriles is 1. The molecule has 160 valence electrons. The lowest BCUT2D eigenvalue weighted by Crippen LogP contribution is -2.54. The van der Waals surface area contributed by atoms with Gasteiger partial charge >= 0.3 is 0 Å². The standard InChI is InChI=1S/C24H19Cl2N5O/c25-14-6-7-18-13(9-14)10-16(23(26)30-18)21-17(11-27)24(28)31(15-3-2-8-29-12-15)19-4-1-5-20(32)22(19)21/h2-3,6-10,12,17,21,24H,1,4-5,28H2. The first-order chi connectivity index (χ1) is 15.5. The van der Waals surface area contributed by atoms with Crippen LogP contribution in [0.3, 0.4) is 0 Å². The number of ketones is 1. The van der Waals surface area contributed by atoms with Crippen molar-refractivity contribution >= 4 is 45.6 Å². The van der Waals surface area contributed by atoms with Gasteiger partial charge in [0.15, 0.2) is 5.78 Å². The number of Topliss-reactive ketones (excluding diaryl/α,β-unsaturated/α-hetero) is 1. The average Bonchev–Trinajstić information content (AvgIpc) is 2.79. The molecule has 32 heavy (non-hydrogen) atoms. The van der Waals surface area contributed by atoms with E-state index in [0.29, 0.717) is 34.5 Å². The highest BCUT2D eigenvalue weighted by Crippen LogP contribution is 2.48. The van der Waals surface area contributed by atoms with E-state index in [4.69, 9.17) is 28.9 Å². The molecule has 2 N–H and O–H groups in total. The fourth-order valence-corrected chi connectivity index (χ4v) is 5.29. The lowest BCUT2D eigenvalue weighted by atomic mass is 9.71. The maximum absolute atomic E-state index is 13.3. The molecule has 5 rings (SSSR count). The average molecular weight is 464 g/mol. The summed E-state index contributed by atoms with van der Waals surface area (Å²) in [7, 11) is 0. The third-order valence-electron chi connectivity index (χ3n) is 6.22. The number of pyridine rings is 2. The highest BCUT2D eigenvalue weighted by Gasteiger charge is 2.46. The van der Waals surface area contributed by atoms with Crippen LogP contribution in [0.4, 0.5) is 5.69 Å². The number of fused-ring (bicyclic) bond motifs is 1. The van der Waals surface area contributed by atoms with Gasteiger partial charge in [-0.05, 0) is 54.8 Å². The molecule has 1 aliphatic heterocycles. The van der Waals surface area contributed by atoms with Gasteiger partial charge in [0.1, 0.15) is 5.15 Å². The van der Waals surface area contributed by atoms with E-state index in [9.17, 15) is 10.1 Å². The van der Waals surface area contributed by atoms with Crippen LogP contribution < -0.4 is 10.6 Å². The number of rotatable bonds is 2. The van der Waals surface area contributed by atoms with Crippen LogP contribution in [0.1, 0.15) is 30.7 Å². The lowest BCUT2D eigenvalue weighted by Gasteiger charge is -2.46. The second kappa shape index (κ2) is 8.18. The summed E-state index contributed by atoms with van der Waals surface area (Å²) < 4.78 is 0. The van der Waals surface area contributed by atoms with Crippen LogP contribution in [0.15, 0.2) is 60.1 Å². The second-order valence-corrected chi connectivity index (χ2v) is 8.84. The number of allylic oxidation sites excluding steroid dienone is 2. The predicted octanol–water partition coefficient (Wildman–Crippen LogP) is 4.97. The van der Waals surface area contributed by atoms with Gasteiger partial charge in [-0.2, -0.15) is 5.26 Å². The molecular weight excluding hydrogens is 445 g/mol. The first-order valence-electron chi connectivity index (χ1n) is 10.4. The summed E-state index contributed by atoms with van der Waals surface area (Å²) in [5.74, 6) is -1.28. The number of hydrogen-bond acceptors (Lipinski definition) is 6. The third-order valence-corrected chi connectivity index (χ3v) is 6.76. The third kappa shape index (κ3) is 3.34. The van der Waals surface area contributed by atoms with Gasteiger partial charge in [-0.25, -0.2) is 4.98 Å². The maximum atomic E-state index is 13.3. The van der Waals surface area contributed by atoms with Crippen molar-refractivity contribution in [3.63, 3.8) is 0 Å². The van der Waals surface area contributed by atoms with Crippen LogP contribution in [0, 0.1) is 17.2 Å². The first-order valence-corrected chi connectivity index (χ1v) is 11.1. The molecule has 3 atom stereocenters. The van der Waals surface area contributed by atoms with Gasteiger partial charge in [0.2, 0.25) is 0 Å². The van der Waals surface area contributed by atoms with Gasteiger partial charge < -0.3 is 10.6 Å². The van der Waals surface area contributed by atoms with Crippen LogP contribution in [0.5, 0.6) is 0 Å². The highest BCUT2D eigenvalue weighted by molar-refractivity contribution is 6.32. The molecular formula is C24H19Cl2N5O.